The van der Waals surface area contributed by atoms with Crippen LogP contribution in [-0.4, -0.2) is 18.3 Å². The van der Waals surface area contributed by atoms with Crippen molar-refractivity contribution in [1.29, 1.82) is 0 Å². The lowest BCUT2D eigenvalue weighted by Gasteiger charge is -2.05. The van der Waals surface area contributed by atoms with Crippen molar-refractivity contribution in [3.63, 3.8) is 0 Å². The molecule has 0 fully saturated rings. The van der Waals surface area contributed by atoms with Crippen molar-refractivity contribution in [2.45, 2.75) is 33.3 Å². The van der Waals surface area contributed by atoms with Gasteiger partial charge in [0.1, 0.15) is 0 Å². The summed E-state index contributed by atoms with van der Waals surface area (Å²) in [5, 5.41) is 8.76. The third-order valence-corrected chi connectivity index (χ3v) is 2.91. The fraction of sp³-hybridized carbons (Fsp3) is 0.412. The normalized spacial score (nSPS) is 12.8. The number of aliphatic hydroxyl groups is 1. The van der Waals surface area contributed by atoms with Crippen molar-refractivity contribution in [2.75, 3.05) is 13.2 Å². The highest BCUT2D eigenvalue weighted by Crippen LogP contribution is 2.07. The Hall–Kier alpha value is -1.38. The first kappa shape index (κ1) is 15.7. The summed E-state index contributed by atoms with van der Waals surface area (Å²) in [5.74, 6) is 0. The molecule has 0 bridgehead atoms. The summed E-state index contributed by atoms with van der Waals surface area (Å²) in [5.41, 5.74) is 3.70. The maximum Gasteiger partial charge on any atom is 0.0721 e. The summed E-state index contributed by atoms with van der Waals surface area (Å²) in [6, 6.07) is 10.2. The van der Waals surface area contributed by atoms with Gasteiger partial charge in [-0.05, 0) is 32.3 Å². The number of aliphatic hydroxyl groups excluding tert-OH is 1. The molecule has 0 aliphatic rings. The molecule has 0 amide bonds. The molecule has 104 valence electrons. The minimum atomic E-state index is 0.134. The molecule has 0 aliphatic carbocycles. The van der Waals surface area contributed by atoms with Gasteiger partial charge in [0.05, 0.1) is 19.8 Å². The Kier molecular flexibility index (Phi) is 7.87. The quantitative estimate of drug-likeness (QED) is 0.719. The zero-order chi connectivity index (χ0) is 13.9. The van der Waals surface area contributed by atoms with Crippen LogP contribution < -0.4 is 0 Å². The highest BCUT2D eigenvalue weighted by Gasteiger charge is 1.94. The number of benzene rings is 1. The molecule has 0 aromatic heterocycles. The van der Waals surface area contributed by atoms with Gasteiger partial charge < -0.3 is 9.84 Å². The van der Waals surface area contributed by atoms with E-state index in [1.807, 2.05) is 31.2 Å². The van der Waals surface area contributed by atoms with E-state index in [2.05, 4.69) is 25.1 Å². The molecular formula is C17H24O2. The molecule has 2 heteroatoms. The van der Waals surface area contributed by atoms with Crippen molar-refractivity contribution in [3.8, 4) is 0 Å². The van der Waals surface area contributed by atoms with Gasteiger partial charge in [-0.3, -0.25) is 0 Å². The van der Waals surface area contributed by atoms with Gasteiger partial charge in [0, 0.05) is 0 Å². The van der Waals surface area contributed by atoms with E-state index in [1.54, 1.807) is 0 Å². The van der Waals surface area contributed by atoms with Crippen LogP contribution in [-0.2, 0) is 11.3 Å². The molecule has 0 unspecified atom stereocenters. The van der Waals surface area contributed by atoms with Crippen LogP contribution in [0.2, 0.25) is 0 Å². The van der Waals surface area contributed by atoms with Crippen molar-refractivity contribution in [1.82, 2.24) is 0 Å². The average molecular weight is 260 g/mol. The molecule has 1 aromatic carbocycles. The summed E-state index contributed by atoms with van der Waals surface area (Å²) in [6.45, 7) is 5.61. The van der Waals surface area contributed by atoms with Crippen molar-refractivity contribution in [2.24, 2.45) is 0 Å². The Morgan fingerprint density at radius 2 is 1.84 bits per heavy atom. The van der Waals surface area contributed by atoms with E-state index in [4.69, 9.17) is 9.84 Å². The smallest absolute Gasteiger partial charge is 0.0721 e. The minimum Gasteiger partial charge on any atom is -0.392 e. The van der Waals surface area contributed by atoms with Crippen LogP contribution in [0.5, 0.6) is 0 Å². The molecule has 19 heavy (non-hydrogen) atoms. The van der Waals surface area contributed by atoms with Crippen LogP contribution in [0.1, 0.15) is 32.3 Å². The van der Waals surface area contributed by atoms with E-state index in [0.29, 0.717) is 13.2 Å². The first-order chi connectivity index (χ1) is 9.22. The number of hydrogen-bond acceptors (Lipinski definition) is 2. The van der Waals surface area contributed by atoms with Crippen LogP contribution in [0.25, 0.3) is 0 Å². The molecule has 0 spiro atoms. The van der Waals surface area contributed by atoms with Crippen LogP contribution in [0.3, 0.4) is 0 Å². The lowest BCUT2D eigenvalue weighted by Crippen LogP contribution is -1.96. The molecule has 2 nitrogen and oxygen atoms in total. The van der Waals surface area contributed by atoms with Gasteiger partial charge in [-0.15, -0.1) is 0 Å². The zero-order valence-electron chi connectivity index (χ0n) is 11.9. The van der Waals surface area contributed by atoms with Gasteiger partial charge in [0.2, 0.25) is 0 Å². The Balaban J connectivity index is 2.20. The number of rotatable bonds is 8. The predicted octanol–water partition coefficient (Wildman–Crippen LogP) is 3.87. The standard InChI is InChI=1S/C17H24O2/c1-15(11-12-18)7-6-8-16(2)13-19-14-17-9-4-3-5-10-17/h3-5,8-11,18H,6-7,12-14H2,1-2H3. The maximum atomic E-state index is 8.76. The first-order valence-electron chi connectivity index (χ1n) is 6.76. The molecule has 0 radical (unpaired) electrons. The van der Waals surface area contributed by atoms with E-state index in [0.717, 1.165) is 12.8 Å². The topological polar surface area (TPSA) is 29.5 Å². The SMILES string of the molecule is CC(=CCO)CCC=C(C)COCc1ccccc1. The summed E-state index contributed by atoms with van der Waals surface area (Å²) in [4.78, 5) is 0. The molecule has 0 saturated carbocycles. The highest BCUT2D eigenvalue weighted by atomic mass is 16.5. The van der Waals surface area contributed by atoms with E-state index in [-0.39, 0.29) is 6.61 Å². The van der Waals surface area contributed by atoms with Gasteiger partial charge >= 0.3 is 0 Å². The highest BCUT2D eigenvalue weighted by molar-refractivity contribution is 5.13. The monoisotopic (exact) mass is 260 g/mol. The van der Waals surface area contributed by atoms with Crippen molar-refractivity contribution in [3.05, 3.63) is 59.2 Å². The predicted molar refractivity (Wildman–Crippen MR) is 79.9 cm³/mol. The molecular weight excluding hydrogens is 236 g/mol. The van der Waals surface area contributed by atoms with Crippen LogP contribution in [0.4, 0.5) is 0 Å². The molecule has 0 aliphatic heterocycles. The van der Waals surface area contributed by atoms with Gasteiger partial charge in [-0.1, -0.05) is 53.6 Å². The fourth-order valence-electron chi connectivity index (χ4n) is 1.77. The fourth-order valence-corrected chi connectivity index (χ4v) is 1.77. The molecule has 1 rings (SSSR count). The molecule has 0 heterocycles. The second-order valence-electron chi connectivity index (χ2n) is 4.80. The average Bonchev–Trinajstić information content (AvgIpc) is 2.40. The van der Waals surface area contributed by atoms with E-state index in [9.17, 15) is 0 Å². The lowest BCUT2D eigenvalue weighted by molar-refractivity contribution is 0.142. The first-order valence-corrected chi connectivity index (χ1v) is 6.76. The van der Waals surface area contributed by atoms with Crippen molar-refractivity contribution >= 4 is 0 Å². The van der Waals surface area contributed by atoms with Crippen molar-refractivity contribution < 1.29 is 9.84 Å². The van der Waals surface area contributed by atoms with Crippen LogP contribution >= 0.6 is 0 Å². The third kappa shape index (κ3) is 7.60. The Morgan fingerprint density at radius 1 is 1.11 bits per heavy atom. The van der Waals surface area contributed by atoms with Gasteiger partial charge in [0.15, 0.2) is 0 Å². The van der Waals surface area contributed by atoms with E-state index < -0.39 is 0 Å². The molecule has 1 aromatic rings. The van der Waals surface area contributed by atoms with Gasteiger partial charge in [-0.2, -0.15) is 0 Å². The number of ether oxygens (including phenoxy) is 1. The van der Waals surface area contributed by atoms with E-state index in [1.165, 1.54) is 16.7 Å². The Bertz CT molecular complexity index is 405. The largest absolute Gasteiger partial charge is 0.392 e. The maximum absolute atomic E-state index is 8.76. The summed E-state index contributed by atoms with van der Waals surface area (Å²) >= 11 is 0. The second-order valence-corrected chi connectivity index (χ2v) is 4.80. The number of hydrogen-bond donors (Lipinski definition) is 1. The summed E-state index contributed by atoms with van der Waals surface area (Å²) < 4.78 is 5.66. The molecule has 1 N–H and O–H groups in total. The third-order valence-electron chi connectivity index (χ3n) is 2.91. The Morgan fingerprint density at radius 3 is 2.53 bits per heavy atom. The van der Waals surface area contributed by atoms with Crippen LogP contribution in [0, 0.1) is 0 Å². The molecule has 0 saturated heterocycles. The zero-order valence-corrected chi connectivity index (χ0v) is 11.9. The van der Waals surface area contributed by atoms with Gasteiger partial charge in [-0.25, -0.2) is 0 Å². The number of allylic oxidation sites excluding steroid dienone is 2. The van der Waals surface area contributed by atoms with Crippen LogP contribution in [0.15, 0.2) is 53.6 Å². The lowest BCUT2D eigenvalue weighted by atomic mass is 10.1. The Labute approximate surface area is 116 Å². The summed E-state index contributed by atoms with van der Waals surface area (Å²) in [7, 11) is 0. The minimum absolute atomic E-state index is 0.134. The summed E-state index contributed by atoms with van der Waals surface area (Å²) in [6.07, 6.45) is 6.06. The van der Waals surface area contributed by atoms with Gasteiger partial charge in [0.25, 0.3) is 0 Å². The second kappa shape index (κ2) is 9.54. The molecule has 0 atom stereocenters. The van der Waals surface area contributed by atoms with E-state index >= 15 is 0 Å².